The van der Waals surface area contributed by atoms with Gasteiger partial charge in [0.05, 0.1) is 0 Å². The third-order valence-corrected chi connectivity index (χ3v) is 9.59. The van der Waals surface area contributed by atoms with E-state index in [2.05, 4.69) is 40.8 Å². The molecule has 0 fully saturated rings. The molecule has 0 spiro atoms. The van der Waals surface area contributed by atoms with Crippen molar-refractivity contribution in [3.8, 4) is 5.75 Å². The zero-order valence-corrected chi connectivity index (χ0v) is 16.3. The molecule has 1 atom stereocenters. The fraction of sp³-hybridized carbons (Fsp3) is 0.526. The molecular weight excluding hydrogens is 304 g/mol. The highest BCUT2D eigenvalue weighted by molar-refractivity contribution is 6.74. The molecule has 1 N–H and O–H groups in total. The topological polar surface area (TPSA) is 46.5 Å². The van der Waals surface area contributed by atoms with Gasteiger partial charge in [-0.15, -0.1) is 0 Å². The van der Waals surface area contributed by atoms with Crippen LogP contribution in [0.5, 0.6) is 5.75 Å². The molecule has 3 nitrogen and oxygen atoms in total. The second-order valence-corrected chi connectivity index (χ2v) is 12.7. The van der Waals surface area contributed by atoms with Crippen LogP contribution in [0.2, 0.25) is 18.1 Å². The normalized spacial score (nSPS) is 21.3. The van der Waals surface area contributed by atoms with Gasteiger partial charge in [0.25, 0.3) is 0 Å². The molecule has 4 heteroatoms. The summed E-state index contributed by atoms with van der Waals surface area (Å²) < 4.78 is 6.49. The van der Waals surface area contributed by atoms with E-state index in [4.69, 9.17) is 4.43 Å². The second kappa shape index (κ2) is 5.60. The standard InChI is InChI=1S/C19H28O3Si/c1-8-13-14-9-12-17(20)19(5,21)15(14)10-11-16(13)22-23(6,7)18(2,3)4/h9-12,21H,8H2,1-7H3/t19-/m1/s1. The molecule has 1 aromatic carbocycles. The fourth-order valence-corrected chi connectivity index (χ4v) is 3.65. The Balaban J connectivity index is 2.56. The quantitative estimate of drug-likeness (QED) is 0.833. The van der Waals surface area contributed by atoms with Crippen LogP contribution in [0.3, 0.4) is 0 Å². The first kappa shape index (κ1) is 18.0. The van der Waals surface area contributed by atoms with Crippen LogP contribution in [-0.4, -0.2) is 19.2 Å². The number of rotatable bonds is 3. The number of aliphatic hydroxyl groups is 1. The molecule has 0 unspecified atom stereocenters. The summed E-state index contributed by atoms with van der Waals surface area (Å²) in [4.78, 5) is 12.0. The number of hydrogen-bond acceptors (Lipinski definition) is 3. The summed E-state index contributed by atoms with van der Waals surface area (Å²) in [6, 6.07) is 3.75. The molecule has 1 aromatic rings. The number of benzene rings is 1. The zero-order valence-electron chi connectivity index (χ0n) is 15.3. The minimum Gasteiger partial charge on any atom is -0.543 e. The molecule has 1 aliphatic carbocycles. The van der Waals surface area contributed by atoms with Gasteiger partial charge in [-0.1, -0.05) is 39.8 Å². The zero-order chi connectivity index (χ0) is 17.6. The predicted octanol–water partition coefficient (Wildman–Crippen LogP) is 4.44. The number of fused-ring (bicyclic) bond motifs is 1. The molecule has 0 aliphatic heterocycles. The van der Waals surface area contributed by atoms with E-state index in [1.807, 2.05) is 18.2 Å². The van der Waals surface area contributed by atoms with Crippen molar-refractivity contribution in [2.45, 2.75) is 64.8 Å². The lowest BCUT2D eigenvalue weighted by Gasteiger charge is -2.38. The maximum absolute atomic E-state index is 12.0. The third kappa shape index (κ3) is 3.02. The number of carbonyl (C=O) groups excluding carboxylic acids is 1. The Kier molecular flexibility index (Phi) is 4.37. The summed E-state index contributed by atoms with van der Waals surface area (Å²) in [6.07, 6.45) is 4.08. The number of ketones is 1. The van der Waals surface area contributed by atoms with Gasteiger partial charge in [0.1, 0.15) is 11.4 Å². The Bertz CT molecular complexity index is 664. The van der Waals surface area contributed by atoms with Crippen LogP contribution in [-0.2, 0) is 16.8 Å². The first-order chi connectivity index (χ1) is 10.4. The Hall–Kier alpha value is -1.39. The Labute approximate surface area is 140 Å². The van der Waals surface area contributed by atoms with E-state index in [0.717, 1.165) is 23.3 Å². The Morgan fingerprint density at radius 1 is 1.22 bits per heavy atom. The maximum Gasteiger partial charge on any atom is 0.250 e. The lowest BCUT2D eigenvalue weighted by molar-refractivity contribution is -0.131. The van der Waals surface area contributed by atoms with E-state index in [0.29, 0.717) is 5.56 Å². The highest BCUT2D eigenvalue weighted by atomic mass is 28.4. The largest absolute Gasteiger partial charge is 0.543 e. The monoisotopic (exact) mass is 332 g/mol. The van der Waals surface area contributed by atoms with Gasteiger partial charge in [-0.3, -0.25) is 4.79 Å². The molecule has 126 valence electrons. The first-order valence-electron chi connectivity index (χ1n) is 8.22. The second-order valence-electron chi connectivity index (χ2n) is 7.99. The average molecular weight is 333 g/mol. The highest BCUT2D eigenvalue weighted by Gasteiger charge is 2.40. The van der Waals surface area contributed by atoms with Gasteiger partial charge in [-0.05, 0) is 54.7 Å². The van der Waals surface area contributed by atoms with Gasteiger partial charge < -0.3 is 9.53 Å². The summed E-state index contributed by atoms with van der Waals surface area (Å²) >= 11 is 0. The number of carbonyl (C=O) groups is 1. The molecule has 2 rings (SSSR count). The smallest absolute Gasteiger partial charge is 0.250 e. The van der Waals surface area contributed by atoms with Crippen molar-refractivity contribution in [3.05, 3.63) is 34.9 Å². The van der Waals surface area contributed by atoms with Gasteiger partial charge in [0.15, 0.2) is 5.78 Å². The van der Waals surface area contributed by atoms with Crippen LogP contribution in [0, 0.1) is 0 Å². The third-order valence-electron chi connectivity index (χ3n) is 5.24. The number of hydrogen-bond donors (Lipinski definition) is 1. The van der Waals surface area contributed by atoms with Crippen molar-refractivity contribution < 1.29 is 14.3 Å². The van der Waals surface area contributed by atoms with Gasteiger partial charge in [-0.2, -0.15) is 0 Å². The predicted molar refractivity (Wildman–Crippen MR) is 97.3 cm³/mol. The van der Waals surface area contributed by atoms with Crippen LogP contribution in [0.25, 0.3) is 6.08 Å². The summed E-state index contributed by atoms with van der Waals surface area (Å²) in [5, 5.41) is 10.7. The highest BCUT2D eigenvalue weighted by Crippen LogP contribution is 2.41. The van der Waals surface area contributed by atoms with E-state index in [9.17, 15) is 9.90 Å². The van der Waals surface area contributed by atoms with Crippen molar-refractivity contribution in [1.82, 2.24) is 0 Å². The molecule has 0 saturated carbocycles. The van der Waals surface area contributed by atoms with E-state index >= 15 is 0 Å². The first-order valence-corrected chi connectivity index (χ1v) is 11.1. The van der Waals surface area contributed by atoms with Crippen LogP contribution in [0.4, 0.5) is 0 Å². The summed E-state index contributed by atoms with van der Waals surface area (Å²) in [5.74, 6) is 0.609. The van der Waals surface area contributed by atoms with Gasteiger partial charge in [0, 0.05) is 5.56 Å². The molecule has 1 aliphatic rings. The van der Waals surface area contributed by atoms with Crippen LogP contribution in [0.15, 0.2) is 18.2 Å². The van der Waals surface area contributed by atoms with Crippen molar-refractivity contribution in [3.63, 3.8) is 0 Å². The van der Waals surface area contributed by atoms with Crippen molar-refractivity contribution >= 4 is 20.2 Å². The van der Waals surface area contributed by atoms with Gasteiger partial charge in [0.2, 0.25) is 8.32 Å². The average Bonchev–Trinajstić information content (AvgIpc) is 2.41. The molecular formula is C19H28O3Si. The molecule has 0 bridgehead atoms. The van der Waals surface area contributed by atoms with E-state index in [-0.39, 0.29) is 10.8 Å². The molecule has 0 amide bonds. The van der Waals surface area contributed by atoms with E-state index < -0.39 is 13.9 Å². The molecule has 0 saturated heterocycles. The Morgan fingerprint density at radius 2 is 1.83 bits per heavy atom. The lowest BCUT2D eigenvalue weighted by Crippen LogP contribution is -2.44. The fourth-order valence-electron chi connectivity index (χ4n) is 2.60. The minimum atomic E-state index is -1.94. The van der Waals surface area contributed by atoms with Crippen molar-refractivity contribution in [2.24, 2.45) is 0 Å². The summed E-state index contributed by atoms with van der Waals surface area (Å²) in [7, 11) is -1.94. The Morgan fingerprint density at radius 3 is 2.35 bits per heavy atom. The van der Waals surface area contributed by atoms with E-state index in [1.165, 1.54) is 6.08 Å². The van der Waals surface area contributed by atoms with Crippen molar-refractivity contribution in [1.29, 1.82) is 0 Å². The van der Waals surface area contributed by atoms with Crippen LogP contribution < -0.4 is 4.43 Å². The van der Waals surface area contributed by atoms with Gasteiger partial charge in [-0.25, -0.2) is 0 Å². The van der Waals surface area contributed by atoms with E-state index in [1.54, 1.807) is 6.92 Å². The SMILES string of the molecule is CCc1c(O[Si](C)(C)C(C)(C)C)ccc2c1C=CC(=O)[C@]2(C)O. The molecule has 23 heavy (non-hydrogen) atoms. The summed E-state index contributed by atoms with van der Waals surface area (Å²) in [6.45, 7) is 14.7. The maximum atomic E-state index is 12.0. The lowest BCUT2D eigenvalue weighted by atomic mass is 9.81. The molecule has 0 heterocycles. The summed E-state index contributed by atoms with van der Waals surface area (Å²) in [5.41, 5.74) is 1.21. The molecule has 0 aromatic heterocycles. The van der Waals surface area contributed by atoms with Crippen LogP contribution in [0.1, 0.15) is 51.3 Å². The minimum absolute atomic E-state index is 0.116. The van der Waals surface area contributed by atoms with Crippen molar-refractivity contribution in [2.75, 3.05) is 0 Å². The molecule has 0 radical (unpaired) electrons. The van der Waals surface area contributed by atoms with Crippen LogP contribution >= 0.6 is 0 Å². The van der Waals surface area contributed by atoms with Gasteiger partial charge >= 0.3 is 0 Å².